The fourth-order valence-corrected chi connectivity index (χ4v) is 3.47. The molecule has 0 aromatic heterocycles. The van der Waals surface area contributed by atoms with Crippen molar-refractivity contribution in [3.63, 3.8) is 0 Å². The first-order valence-electron chi connectivity index (χ1n) is 9.58. The molecule has 0 unspecified atom stereocenters. The zero-order valence-corrected chi connectivity index (χ0v) is 16.9. The van der Waals surface area contributed by atoms with E-state index >= 15 is 0 Å². The fraction of sp³-hybridized carbons (Fsp3) is 0.318. The molecule has 2 aromatic rings. The number of rotatable bonds is 8. The average Bonchev–Trinajstić information content (AvgIpc) is 2.97. The Kier molecular flexibility index (Phi) is 6.29. The van der Waals surface area contributed by atoms with Crippen molar-refractivity contribution in [2.24, 2.45) is 0 Å². The van der Waals surface area contributed by atoms with Crippen LogP contribution in [-0.4, -0.2) is 56.9 Å². The summed E-state index contributed by atoms with van der Waals surface area (Å²) >= 11 is 0. The van der Waals surface area contributed by atoms with Gasteiger partial charge in [0.25, 0.3) is 11.8 Å². The summed E-state index contributed by atoms with van der Waals surface area (Å²) < 4.78 is 5.29. The van der Waals surface area contributed by atoms with Crippen LogP contribution in [0.25, 0.3) is 0 Å². The number of carbonyl (C=O) groups is 3. The van der Waals surface area contributed by atoms with Crippen LogP contribution in [0.1, 0.15) is 38.7 Å². The first-order valence-corrected chi connectivity index (χ1v) is 9.58. The third-order valence-electron chi connectivity index (χ3n) is 5.14. The molecule has 0 fully saturated rings. The number of ether oxygens (including phenoxy) is 1. The van der Waals surface area contributed by atoms with E-state index in [1.54, 1.807) is 31.4 Å². The van der Waals surface area contributed by atoms with Gasteiger partial charge < -0.3 is 15.0 Å². The number of imide groups is 1. The first-order chi connectivity index (χ1) is 13.9. The maximum absolute atomic E-state index is 12.4. The monoisotopic (exact) mass is 396 g/mol. The molecule has 3 amide bonds. The van der Waals surface area contributed by atoms with E-state index in [-0.39, 0.29) is 36.7 Å². The van der Waals surface area contributed by atoms with Gasteiger partial charge in [-0.25, -0.2) is 0 Å². The Morgan fingerprint density at radius 1 is 1.07 bits per heavy atom. The maximum atomic E-state index is 12.4. The largest absolute Gasteiger partial charge is 0.497 e. The first kappa shape index (κ1) is 20.5. The Morgan fingerprint density at radius 3 is 2.31 bits per heavy atom. The summed E-state index contributed by atoms with van der Waals surface area (Å²) in [6.45, 7) is 0.507. The second kappa shape index (κ2) is 8.87. The standard InChI is InChI=1S/C22H25N3O4/c1-24(2)19(15-7-6-8-16(13-15)29-3)14-23-20(26)11-12-25-21(27)17-9-4-5-10-18(17)22(25)28/h4-10,13,19H,11-12,14H2,1-3H3,(H,23,26)/p+1/t19-/m1/s1. The van der Waals surface area contributed by atoms with E-state index in [0.717, 1.165) is 16.2 Å². The Labute approximate surface area is 170 Å². The van der Waals surface area contributed by atoms with Gasteiger partial charge in [-0.15, -0.1) is 0 Å². The van der Waals surface area contributed by atoms with Gasteiger partial charge in [-0.1, -0.05) is 24.3 Å². The summed E-state index contributed by atoms with van der Waals surface area (Å²) in [5.74, 6) is -0.114. The van der Waals surface area contributed by atoms with Crippen LogP contribution >= 0.6 is 0 Å². The molecule has 0 saturated carbocycles. The molecule has 3 rings (SSSR count). The predicted octanol–water partition coefficient (Wildman–Crippen LogP) is 0.683. The van der Waals surface area contributed by atoms with Crippen LogP contribution in [-0.2, 0) is 4.79 Å². The number of methoxy groups -OCH3 is 1. The smallest absolute Gasteiger partial charge is 0.261 e. The van der Waals surface area contributed by atoms with E-state index in [2.05, 4.69) is 5.32 Å². The van der Waals surface area contributed by atoms with Gasteiger partial charge >= 0.3 is 0 Å². The fourth-order valence-electron chi connectivity index (χ4n) is 3.47. The highest BCUT2D eigenvalue weighted by Gasteiger charge is 2.35. The van der Waals surface area contributed by atoms with E-state index in [0.29, 0.717) is 17.7 Å². The summed E-state index contributed by atoms with van der Waals surface area (Å²) in [5, 5.41) is 2.92. The summed E-state index contributed by atoms with van der Waals surface area (Å²) in [5.41, 5.74) is 1.85. The molecule has 152 valence electrons. The Morgan fingerprint density at radius 2 is 1.72 bits per heavy atom. The second-order valence-corrected chi connectivity index (χ2v) is 7.27. The number of likely N-dealkylation sites (N-methyl/N-ethyl adjacent to an activating group) is 1. The van der Waals surface area contributed by atoms with Crippen LogP contribution in [0.3, 0.4) is 0 Å². The molecule has 2 N–H and O–H groups in total. The second-order valence-electron chi connectivity index (χ2n) is 7.27. The van der Waals surface area contributed by atoms with Gasteiger partial charge in [0.2, 0.25) is 5.91 Å². The van der Waals surface area contributed by atoms with Crippen LogP contribution in [0.4, 0.5) is 0 Å². The van der Waals surface area contributed by atoms with Crippen molar-refractivity contribution in [1.29, 1.82) is 0 Å². The number of benzene rings is 2. The van der Waals surface area contributed by atoms with Crippen molar-refractivity contribution in [2.45, 2.75) is 12.5 Å². The van der Waals surface area contributed by atoms with E-state index in [1.807, 2.05) is 38.4 Å². The molecule has 2 aromatic carbocycles. The van der Waals surface area contributed by atoms with Crippen molar-refractivity contribution in [2.75, 3.05) is 34.3 Å². The number of amides is 3. The number of hydrogen-bond acceptors (Lipinski definition) is 4. The molecule has 7 nitrogen and oxygen atoms in total. The molecule has 0 bridgehead atoms. The number of nitrogens with one attached hydrogen (secondary N) is 2. The van der Waals surface area contributed by atoms with Crippen molar-refractivity contribution in [1.82, 2.24) is 10.2 Å². The molecule has 29 heavy (non-hydrogen) atoms. The quantitative estimate of drug-likeness (QED) is 0.644. The SMILES string of the molecule is COc1cccc([C@@H](CNC(=O)CCN2C(=O)c3ccccc3C2=O)[NH+](C)C)c1. The Balaban J connectivity index is 1.56. The van der Waals surface area contributed by atoms with Crippen LogP contribution in [0.5, 0.6) is 5.75 Å². The van der Waals surface area contributed by atoms with E-state index < -0.39 is 0 Å². The lowest BCUT2D eigenvalue weighted by molar-refractivity contribution is -0.890. The molecule has 0 radical (unpaired) electrons. The number of carbonyl (C=O) groups excluding carboxylic acids is 3. The van der Waals surface area contributed by atoms with Gasteiger partial charge in [0, 0.05) is 18.5 Å². The van der Waals surface area contributed by atoms with Crippen molar-refractivity contribution in [3.05, 3.63) is 65.2 Å². The van der Waals surface area contributed by atoms with E-state index in [4.69, 9.17) is 4.74 Å². The molecular weight excluding hydrogens is 370 g/mol. The molecule has 0 aliphatic carbocycles. The average molecular weight is 396 g/mol. The van der Waals surface area contributed by atoms with Crippen molar-refractivity contribution in [3.8, 4) is 5.75 Å². The van der Waals surface area contributed by atoms with E-state index in [9.17, 15) is 14.4 Å². The van der Waals surface area contributed by atoms with Gasteiger partial charge in [0.05, 0.1) is 38.9 Å². The topological polar surface area (TPSA) is 80.2 Å². The number of quaternary nitrogens is 1. The third kappa shape index (κ3) is 4.46. The zero-order valence-electron chi connectivity index (χ0n) is 16.9. The third-order valence-corrected chi connectivity index (χ3v) is 5.14. The Hall–Kier alpha value is -3.19. The van der Waals surface area contributed by atoms with Gasteiger partial charge in [0.1, 0.15) is 11.8 Å². The summed E-state index contributed by atoms with van der Waals surface area (Å²) in [7, 11) is 5.67. The molecule has 0 saturated heterocycles. The molecule has 1 atom stereocenters. The van der Waals surface area contributed by atoms with Crippen LogP contribution < -0.4 is 15.0 Å². The highest BCUT2D eigenvalue weighted by atomic mass is 16.5. The summed E-state index contributed by atoms with van der Waals surface area (Å²) in [6, 6.07) is 14.5. The van der Waals surface area contributed by atoms with Gasteiger partial charge in [-0.3, -0.25) is 19.3 Å². The lowest BCUT2D eigenvalue weighted by Crippen LogP contribution is -3.07. The van der Waals surface area contributed by atoms with Crippen molar-refractivity contribution < 1.29 is 24.0 Å². The van der Waals surface area contributed by atoms with E-state index in [1.165, 1.54) is 4.90 Å². The van der Waals surface area contributed by atoms with Gasteiger partial charge in [0.15, 0.2) is 0 Å². The minimum absolute atomic E-state index is 0.0494. The predicted molar refractivity (Wildman–Crippen MR) is 108 cm³/mol. The lowest BCUT2D eigenvalue weighted by atomic mass is 10.1. The zero-order chi connectivity index (χ0) is 21.0. The lowest BCUT2D eigenvalue weighted by Gasteiger charge is -2.23. The molecule has 1 heterocycles. The minimum Gasteiger partial charge on any atom is -0.497 e. The molecular formula is C22H26N3O4+. The van der Waals surface area contributed by atoms with Crippen LogP contribution in [0, 0.1) is 0 Å². The molecule has 0 spiro atoms. The molecule has 7 heteroatoms. The normalized spacial score (nSPS) is 14.1. The summed E-state index contributed by atoms with van der Waals surface area (Å²) in [4.78, 5) is 39.4. The highest BCUT2D eigenvalue weighted by Crippen LogP contribution is 2.22. The Bertz CT molecular complexity index is 891. The number of hydrogen-bond donors (Lipinski definition) is 2. The van der Waals surface area contributed by atoms with Crippen LogP contribution in [0.15, 0.2) is 48.5 Å². The van der Waals surface area contributed by atoms with Gasteiger partial charge in [-0.05, 0) is 24.3 Å². The highest BCUT2D eigenvalue weighted by molar-refractivity contribution is 6.21. The van der Waals surface area contributed by atoms with Crippen molar-refractivity contribution >= 4 is 17.7 Å². The maximum Gasteiger partial charge on any atom is 0.261 e. The molecule has 1 aliphatic rings. The van der Waals surface area contributed by atoms with Gasteiger partial charge in [-0.2, -0.15) is 0 Å². The number of nitrogens with zero attached hydrogens (tertiary/aromatic N) is 1. The van der Waals surface area contributed by atoms with Crippen LogP contribution in [0.2, 0.25) is 0 Å². The summed E-state index contributed by atoms with van der Waals surface area (Å²) in [6.07, 6.45) is 0.0685. The number of fused-ring (bicyclic) bond motifs is 1. The minimum atomic E-state index is -0.342. The molecule has 1 aliphatic heterocycles.